The fourth-order valence-electron chi connectivity index (χ4n) is 3.08. The molecular weight excluding hydrogens is 276 g/mol. The summed E-state index contributed by atoms with van der Waals surface area (Å²) >= 11 is 0. The summed E-state index contributed by atoms with van der Waals surface area (Å²) in [5, 5.41) is 1.68. The first kappa shape index (κ1) is 12.9. The van der Waals surface area contributed by atoms with Crippen LogP contribution in [-0.2, 0) is 4.79 Å². The van der Waals surface area contributed by atoms with E-state index in [0.29, 0.717) is 6.42 Å². The molecule has 6 heteroatoms. The summed E-state index contributed by atoms with van der Waals surface area (Å²) in [5.74, 6) is -0.825. The molecule has 0 aromatic heterocycles. The molecule has 1 saturated carbocycles. The van der Waals surface area contributed by atoms with Gasteiger partial charge in [0, 0.05) is 6.42 Å². The lowest BCUT2D eigenvalue weighted by Gasteiger charge is -2.23. The molecule has 1 N–H and O–H groups in total. The molecule has 0 amide bonds. The molecular formula is C15H15F2N3O. The minimum absolute atomic E-state index is 0.105. The average Bonchev–Trinajstić information content (AvgIpc) is 2.95. The molecule has 1 aliphatic carbocycles. The van der Waals surface area contributed by atoms with E-state index in [1.54, 1.807) is 5.01 Å². The van der Waals surface area contributed by atoms with E-state index in [4.69, 9.17) is 0 Å². The van der Waals surface area contributed by atoms with E-state index in [1.807, 2.05) is 30.3 Å². The highest BCUT2D eigenvalue weighted by molar-refractivity contribution is 6.40. The second kappa shape index (κ2) is 4.59. The smallest absolute Gasteiger partial charge is 0.204 e. The van der Waals surface area contributed by atoms with E-state index in [-0.39, 0.29) is 24.1 Å². The topological polar surface area (TPSA) is 44.7 Å². The predicted octanol–water partition coefficient (Wildman–Crippen LogP) is 1.94. The fourth-order valence-corrected chi connectivity index (χ4v) is 3.08. The van der Waals surface area contributed by atoms with Gasteiger partial charge in [0.25, 0.3) is 0 Å². The van der Waals surface area contributed by atoms with Crippen LogP contribution in [0.15, 0.2) is 35.3 Å². The van der Waals surface area contributed by atoms with Gasteiger partial charge in [-0.1, -0.05) is 30.3 Å². The number of halogens is 2. The Morgan fingerprint density at radius 2 is 1.90 bits per heavy atom. The highest BCUT2D eigenvalue weighted by Crippen LogP contribution is 2.40. The Hall–Kier alpha value is -1.82. The van der Waals surface area contributed by atoms with Gasteiger partial charge in [-0.25, -0.2) is 13.8 Å². The average molecular weight is 291 g/mol. The number of benzene rings is 1. The normalized spacial score (nSPS) is 37.8. The number of nitrogens with zero attached hydrogens (tertiary/aromatic N) is 2. The molecule has 2 aliphatic heterocycles. The Kier molecular flexibility index (Phi) is 2.82. The SMILES string of the molecule is O=C(C1=NC2[C@@H](F)C[C@@H](c3ccccc3)N2N1)[C@@H]1C[C@@H]1F. The van der Waals surface area contributed by atoms with Crippen LogP contribution in [0.4, 0.5) is 8.78 Å². The van der Waals surface area contributed by atoms with Crippen LogP contribution in [0.3, 0.4) is 0 Å². The van der Waals surface area contributed by atoms with E-state index in [0.717, 1.165) is 5.56 Å². The molecule has 21 heavy (non-hydrogen) atoms. The lowest BCUT2D eigenvalue weighted by Crippen LogP contribution is -2.42. The van der Waals surface area contributed by atoms with Gasteiger partial charge in [0.2, 0.25) is 5.78 Å². The first-order valence-corrected chi connectivity index (χ1v) is 7.15. The Bertz CT molecular complexity index is 606. The number of hydrogen-bond acceptors (Lipinski definition) is 4. The zero-order chi connectivity index (χ0) is 14.6. The molecule has 1 saturated heterocycles. The number of hydrazine groups is 1. The van der Waals surface area contributed by atoms with Gasteiger partial charge in [-0.2, -0.15) is 5.01 Å². The third-order valence-corrected chi connectivity index (χ3v) is 4.36. The third kappa shape index (κ3) is 2.05. The molecule has 4 nitrogen and oxygen atoms in total. The van der Waals surface area contributed by atoms with Crippen molar-refractivity contribution in [3.63, 3.8) is 0 Å². The molecule has 2 heterocycles. The minimum Gasteiger partial charge on any atom is -0.298 e. The van der Waals surface area contributed by atoms with Crippen molar-refractivity contribution in [1.82, 2.24) is 10.4 Å². The fraction of sp³-hybridized carbons (Fsp3) is 0.467. The number of hydrogen-bond donors (Lipinski definition) is 1. The van der Waals surface area contributed by atoms with Crippen molar-refractivity contribution in [2.75, 3.05) is 0 Å². The molecule has 0 spiro atoms. The number of rotatable bonds is 3. The zero-order valence-corrected chi connectivity index (χ0v) is 11.2. The van der Waals surface area contributed by atoms with Gasteiger partial charge >= 0.3 is 0 Å². The third-order valence-electron chi connectivity index (χ3n) is 4.36. The predicted molar refractivity (Wildman–Crippen MR) is 72.9 cm³/mol. The van der Waals surface area contributed by atoms with Crippen LogP contribution in [0.1, 0.15) is 24.4 Å². The molecule has 4 rings (SSSR count). The maximum absolute atomic E-state index is 14.2. The Morgan fingerprint density at radius 1 is 1.19 bits per heavy atom. The first-order valence-electron chi connectivity index (χ1n) is 7.15. The van der Waals surface area contributed by atoms with Crippen LogP contribution in [0.5, 0.6) is 0 Å². The first-order chi connectivity index (χ1) is 10.1. The lowest BCUT2D eigenvalue weighted by atomic mass is 10.0. The summed E-state index contributed by atoms with van der Waals surface area (Å²) < 4.78 is 27.2. The summed E-state index contributed by atoms with van der Waals surface area (Å²) in [7, 11) is 0. The van der Waals surface area contributed by atoms with E-state index in [9.17, 15) is 13.6 Å². The molecule has 2 fully saturated rings. The van der Waals surface area contributed by atoms with Crippen LogP contribution in [-0.4, -0.2) is 35.1 Å². The van der Waals surface area contributed by atoms with Crippen molar-refractivity contribution in [3.8, 4) is 0 Å². The Labute approximate surface area is 120 Å². The highest BCUT2D eigenvalue weighted by Gasteiger charge is 2.51. The van der Waals surface area contributed by atoms with Crippen molar-refractivity contribution in [3.05, 3.63) is 35.9 Å². The maximum atomic E-state index is 14.2. The van der Waals surface area contributed by atoms with Crippen LogP contribution in [0, 0.1) is 5.92 Å². The Morgan fingerprint density at radius 3 is 2.57 bits per heavy atom. The van der Waals surface area contributed by atoms with Crippen LogP contribution in [0.2, 0.25) is 0 Å². The second-order valence-electron chi connectivity index (χ2n) is 5.81. The summed E-state index contributed by atoms with van der Waals surface area (Å²) in [6.07, 6.45) is -2.30. The van der Waals surface area contributed by atoms with Gasteiger partial charge in [-0.3, -0.25) is 10.2 Å². The molecule has 0 bridgehead atoms. The molecule has 0 radical (unpaired) electrons. The van der Waals surface area contributed by atoms with Gasteiger partial charge in [-0.15, -0.1) is 0 Å². The number of nitrogens with one attached hydrogen (secondary N) is 1. The summed E-state index contributed by atoms with van der Waals surface area (Å²) in [6, 6.07) is 9.40. The lowest BCUT2D eigenvalue weighted by molar-refractivity contribution is -0.114. The number of Topliss-reactive ketones (excluding diaryl/α,β-unsaturated/α-hetero) is 1. The quantitative estimate of drug-likeness (QED) is 0.925. The summed E-state index contributed by atoms with van der Waals surface area (Å²) in [4.78, 5) is 16.2. The molecule has 3 aliphatic rings. The van der Waals surface area contributed by atoms with Crippen molar-refractivity contribution in [1.29, 1.82) is 0 Å². The number of aliphatic imine (C=N–C) groups is 1. The van der Waals surface area contributed by atoms with Crippen LogP contribution >= 0.6 is 0 Å². The maximum Gasteiger partial charge on any atom is 0.204 e. The van der Waals surface area contributed by atoms with Crippen molar-refractivity contribution in [2.24, 2.45) is 10.9 Å². The largest absolute Gasteiger partial charge is 0.298 e. The number of alkyl halides is 2. The highest BCUT2D eigenvalue weighted by atomic mass is 19.1. The Balaban J connectivity index is 1.56. The second-order valence-corrected chi connectivity index (χ2v) is 5.81. The molecule has 1 aromatic carbocycles. The molecule has 1 unspecified atom stereocenters. The molecule has 5 atom stereocenters. The van der Waals surface area contributed by atoms with Crippen molar-refractivity contribution >= 4 is 11.6 Å². The zero-order valence-electron chi connectivity index (χ0n) is 11.2. The van der Waals surface area contributed by atoms with E-state index >= 15 is 0 Å². The van der Waals surface area contributed by atoms with Crippen molar-refractivity contribution in [2.45, 2.75) is 37.4 Å². The summed E-state index contributed by atoms with van der Waals surface area (Å²) in [6.45, 7) is 0. The minimum atomic E-state index is -1.13. The molecule has 110 valence electrons. The van der Waals surface area contributed by atoms with Gasteiger partial charge in [0.15, 0.2) is 12.0 Å². The van der Waals surface area contributed by atoms with Gasteiger partial charge < -0.3 is 0 Å². The number of carbonyl (C=O) groups excluding carboxylic acids is 1. The van der Waals surface area contributed by atoms with E-state index < -0.39 is 24.4 Å². The van der Waals surface area contributed by atoms with E-state index in [1.165, 1.54) is 0 Å². The standard InChI is InChI=1S/C15H15F2N3O/c16-10-6-9(10)13(21)14-18-15-11(17)7-12(20(15)19-14)8-4-2-1-3-5-8/h1-5,9-12,15H,6-7H2,(H,18,19)/t9-,10+,11+,12+,15?/m1/s1. The monoisotopic (exact) mass is 291 g/mol. The number of carbonyl (C=O) groups is 1. The van der Waals surface area contributed by atoms with Crippen molar-refractivity contribution < 1.29 is 13.6 Å². The van der Waals surface area contributed by atoms with Gasteiger partial charge in [0.05, 0.1) is 12.0 Å². The van der Waals surface area contributed by atoms with Gasteiger partial charge in [-0.05, 0) is 12.0 Å². The van der Waals surface area contributed by atoms with E-state index in [2.05, 4.69) is 10.4 Å². The number of fused-ring (bicyclic) bond motifs is 1. The number of ketones is 1. The van der Waals surface area contributed by atoms with Gasteiger partial charge in [0.1, 0.15) is 12.3 Å². The van der Waals surface area contributed by atoms with Crippen LogP contribution < -0.4 is 5.43 Å². The molecule has 1 aromatic rings. The van der Waals surface area contributed by atoms with Crippen LogP contribution in [0.25, 0.3) is 0 Å². The summed E-state index contributed by atoms with van der Waals surface area (Å²) in [5.41, 5.74) is 3.88. The number of amidine groups is 1.